The Kier molecular flexibility index (Phi) is 4.18. The average molecular weight is 358 g/mol. The molecule has 7 heteroatoms. The van der Waals surface area contributed by atoms with Crippen LogP contribution >= 0.6 is 0 Å². The van der Waals surface area contributed by atoms with Crippen LogP contribution in [0, 0.1) is 6.92 Å². The lowest BCUT2D eigenvalue weighted by Crippen LogP contribution is -2.15. The molecule has 0 saturated carbocycles. The Morgan fingerprint density at radius 1 is 1.07 bits per heavy atom. The predicted molar refractivity (Wildman–Crippen MR) is 107 cm³/mol. The number of nitrogens with two attached hydrogens (primary N) is 1. The maximum absolute atomic E-state index is 11.7. The number of primary amides is 1. The number of carbonyl (C=O) groups is 1. The van der Waals surface area contributed by atoms with Crippen LogP contribution in [-0.2, 0) is 0 Å². The Bertz CT molecular complexity index is 1130. The van der Waals surface area contributed by atoms with E-state index >= 15 is 0 Å². The maximum atomic E-state index is 11.7. The quantitative estimate of drug-likeness (QED) is 0.433. The van der Waals surface area contributed by atoms with Gasteiger partial charge in [0.05, 0.1) is 0 Å². The first-order valence-corrected chi connectivity index (χ1v) is 8.43. The Morgan fingerprint density at radius 3 is 2.74 bits per heavy atom. The molecular formula is C20H18N6O. The summed E-state index contributed by atoms with van der Waals surface area (Å²) in [6.07, 6.45) is 3.31. The molecule has 2 heterocycles. The van der Waals surface area contributed by atoms with Crippen LogP contribution in [-0.4, -0.2) is 20.9 Å². The summed E-state index contributed by atoms with van der Waals surface area (Å²) in [6.45, 7) is 1.99. The van der Waals surface area contributed by atoms with Crippen molar-refractivity contribution >= 4 is 40.0 Å². The van der Waals surface area contributed by atoms with E-state index in [-0.39, 0.29) is 5.56 Å². The zero-order chi connectivity index (χ0) is 18.8. The Balaban J connectivity index is 1.66. The predicted octanol–water partition coefficient (Wildman–Crippen LogP) is 3.85. The fourth-order valence-corrected chi connectivity index (χ4v) is 2.83. The van der Waals surface area contributed by atoms with Gasteiger partial charge in [-0.1, -0.05) is 18.2 Å². The number of nitrogens with one attached hydrogen (secondary N) is 3. The van der Waals surface area contributed by atoms with Crippen LogP contribution in [0.1, 0.15) is 15.9 Å². The Hall–Kier alpha value is -3.87. The zero-order valence-electron chi connectivity index (χ0n) is 14.7. The van der Waals surface area contributed by atoms with Crippen molar-refractivity contribution < 1.29 is 4.79 Å². The summed E-state index contributed by atoms with van der Waals surface area (Å²) in [5.74, 6) is 0.122. The number of carbonyl (C=O) groups excluding carboxylic acids is 1. The largest absolute Gasteiger partial charge is 0.365 e. The van der Waals surface area contributed by atoms with Gasteiger partial charge in [0.25, 0.3) is 5.91 Å². The third-order valence-electron chi connectivity index (χ3n) is 4.15. The van der Waals surface area contributed by atoms with Crippen LogP contribution < -0.4 is 16.4 Å². The van der Waals surface area contributed by atoms with Gasteiger partial charge in [-0.25, -0.2) is 4.98 Å². The molecule has 0 radical (unpaired) electrons. The van der Waals surface area contributed by atoms with Gasteiger partial charge in [-0.05, 0) is 48.2 Å². The van der Waals surface area contributed by atoms with Crippen LogP contribution in [0.4, 0.5) is 23.1 Å². The summed E-state index contributed by atoms with van der Waals surface area (Å²) >= 11 is 0. The number of amides is 1. The lowest BCUT2D eigenvalue weighted by atomic mass is 10.2. The Morgan fingerprint density at radius 2 is 1.93 bits per heavy atom. The topological polar surface area (TPSA) is 109 Å². The fourth-order valence-electron chi connectivity index (χ4n) is 2.83. The normalized spacial score (nSPS) is 10.7. The summed E-state index contributed by atoms with van der Waals surface area (Å²) in [7, 11) is 0. The van der Waals surface area contributed by atoms with Crippen molar-refractivity contribution in [1.82, 2.24) is 15.0 Å². The second-order valence-electron chi connectivity index (χ2n) is 6.22. The van der Waals surface area contributed by atoms with Crippen molar-refractivity contribution in [3.8, 4) is 0 Å². The molecule has 4 rings (SSSR count). The highest BCUT2D eigenvalue weighted by Crippen LogP contribution is 2.23. The van der Waals surface area contributed by atoms with Crippen molar-refractivity contribution in [2.75, 3.05) is 10.6 Å². The molecule has 134 valence electrons. The molecule has 0 spiro atoms. The van der Waals surface area contributed by atoms with Crippen molar-refractivity contribution in [1.29, 1.82) is 0 Å². The fraction of sp³-hybridized carbons (Fsp3) is 0.0500. The van der Waals surface area contributed by atoms with E-state index in [1.807, 2.05) is 61.7 Å². The molecule has 0 aliphatic rings. The van der Waals surface area contributed by atoms with Gasteiger partial charge >= 0.3 is 0 Å². The highest BCUT2D eigenvalue weighted by atomic mass is 16.1. The van der Waals surface area contributed by atoms with Crippen molar-refractivity contribution in [2.24, 2.45) is 5.73 Å². The molecule has 0 saturated heterocycles. The number of hydrogen-bond acceptors (Lipinski definition) is 5. The number of hydrogen-bond donors (Lipinski definition) is 4. The van der Waals surface area contributed by atoms with Crippen molar-refractivity contribution in [2.45, 2.75) is 6.92 Å². The van der Waals surface area contributed by atoms with Gasteiger partial charge in [0.2, 0.25) is 5.95 Å². The molecule has 0 bridgehead atoms. The van der Waals surface area contributed by atoms with Gasteiger partial charge in [0.15, 0.2) is 0 Å². The molecule has 7 nitrogen and oxygen atoms in total. The first-order chi connectivity index (χ1) is 13.1. The number of aromatic nitrogens is 3. The molecule has 2 aromatic carbocycles. The van der Waals surface area contributed by atoms with E-state index in [0.717, 1.165) is 27.8 Å². The van der Waals surface area contributed by atoms with Crippen LogP contribution in [0.3, 0.4) is 0 Å². The van der Waals surface area contributed by atoms with E-state index < -0.39 is 5.91 Å². The molecule has 0 aliphatic heterocycles. The Labute approximate surface area is 155 Å². The molecule has 0 aliphatic carbocycles. The summed E-state index contributed by atoms with van der Waals surface area (Å²) < 4.78 is 0. The number of H-pyrrole nitrogens is 1. The first kappa shape index (κ1) is 16.6. The van der Waals surface area contributed by atoms with E-state index in [1.165, 1.54) is 6.20 Å². The zero-order valence-corrected chi connectivity index (χ0v) is 14.7. The highest BCUT2D eigenvalue weighted by Gasteiger charge is 2.13. The number of anilines is 4. The monoisotopic (exact) mass is 358 g/mol. The van der Waals surface area contributed by atoms with Crippen molar-refractivity contribution in [3.63, 3.8) is 0 Å². The maximum Gasteiger partial charge on any atom is 0.254 e. The van der Waals surface area contributed by atoms with Gasteiger partial charge in [-0.3, -0.25) is 4.79 Å². The number of aryl methyl sites for hydroxylation is 1. The first-order valence-electron chi connectivity index (χ1n) is 8.43. The van der Waals surface area contributed by atoms with Crippen LogP contribution in [0.5, 0.6) is 0 Å². The van der Waals surface area contributed by atoms with E-state index in [4.69, 9.17) is 5.73 Å². The molecule has 4 aromatic rings. The van der Waals surface area contributed by atoms with E-state index in [1.54, 1.807) is 0 Å². The van der Waals surface area contributed by atoms with Crippen LogP contribution in [0.25, 0.3) is 10.9 Å². The third-order valence-corrected chi connectivity index (χ3v) is 4.15. The molecule has 27 heavy (non-hydrogen) atoms. The van der Waals surface area contributed by atoms with Gasteiger partial charge in [-0.15, -0.1) is 0 Å². The smallest absolute Gasteiger partial charge is 0.254 e. The molecule has 5 N–H and O–H groups in total. The molecule has 0 unspecified atom stereocenters. The molecule has 0 atom stereocenters. The summed E-state index contributed by atoms with van der Waals surface area (Å²) in [6, 6.07) is 15.7. The van der Waals surface area contributed by atoms with Gasteiger partial charge < -0.3 is 21.4 Å². The summed E-state index contributed by atoms with van der Waals surface area (Å²) in [5, 5.41) is 7.42. The van der Waals surface area contributed by atoms with Crippen LogP contribution in [0.15, 0.2) is 60.9 Å². The van der Waals surface area contributed by atoms with Gasteiger partial charge in [0, 0.05) is 29.3 Å². The average Bonchev–Trinajstić information content (AvgIpc) is 3.09. The highest BCUT2D eigenvalue weighted by molar-refractivity contribution is 5.98. The molecule has 2 aromatic heterocycles. The van der Waals surface area contributed by atoms with Crippen molar-refractivity contribution in [3.05, 3.63) is 72.1 Å². The summed E-state index contributed by atoms with van der Waals surface area (Å²) in [5.41, 5.74) is 9.43. The van der Waals surface area contributed by atoms with E-state index in [9.17, 15) is 4.79 Å². The number of aromatic amines is 1. The van der Waals surface area contributed by atoms with E-state index in [0.29, 0.717) is 11.8 Å². The summed E-state index contributed by atoms with van der Waals surface area (Å²) in [4.78, 5) is 23.6. The standard InChI is InChI=1S/C20H18N6O/c1-12-3-2-4-14(9-12)24-19-16(18(21)27)11-23-20(26-19)25-15-6-5-13-7-8-22-17(13)10-15/h2-11,22H,1H3,(H2,21,27)(H2,23,24,25,26). The van der Waals surface area contributed by atoms with Crippen LogP contribution in [0.2, 0.25) is 0 Å². The van der Waals surface area contributed by atoms with E-state index in [2.05, 4.69) is 25.6 Å². The lowest BCUT2D eigenvalue weighted by molar-refractivity contribution is 0.100. The minimum atomic E-state index is -0.593. The number of benzene rings is 2. The minimum absolute atomic E-state index is 0.224. The van der Waals surface area contributed by atoms with Gasteiger partial charge in [-0.2, -0.15) is 4.98 Å². The lowest BCUT2D eigenvalue weighted by Gasteiger charge is -2.12. The number of rotatable bonds is 5. The minimum Gasteiger partial charge on any atom is -0.365 e. The second-order valence-corrected chi connectivity index (χ2v) is 6.22. The molecule has 0 fully saturated rings. The SMILES string of the molecule is Cc1cccc(Nc2nc(Nc3ccc4cc[nH]c4c3)ncc2C(N)=O)c1. The second kappa shape index (κ2) is 6.80. The third kappa shape index (κ3) is 3.57. The number of nitrogens with zero attached hydrogens (tertiary/aromatic N) is 2. The van der Waals surface area contributed by atoms with Gasteiger partial charge in [0.1, 0.15) is 11.4 Å². The molecular weight excluding hydrogens is 340 g/mol. The number of fused-ring (bicyclic) bond motifs is 1. The molecule has 1 amide bonds.